The molecule has 0 aromatic rings. The zero-order valence-electron chi connectivity index (χ0n) is 22.8. The van der Waals surface area contributed by atoms with Gasteiger partial charge < -0.3 is 24.8 Å². The van der Waals surface area contributed by atoms with Crippen molar-refractivity contribution < 1.29 is 101 Å². The van der Waals surface area contributed by atoms with Crippen molar-refractivity contribution in [3.05, 3.63) is 12.2 Å². The summed E-state index contributed by atoms with van der Waals surface area (Å²) in [5.74, 6) is -3.26. The molecule has 204 valence electrons. The Hall–Kier alpha value is 0.0200. The number of esters is 1. The third kappa shape index (κ3) is 26.0. The van der Waals surface area contributed by atoms with Crippen LogP contribution in [0.15, 0.2) is 12.2 Å². The average Bonchev–Trinajstić information content (AvgIpc) is 2.78. The van der Waals surface area contributed by atoms with Gasteiger partial charge in [-0.05, 0) is 32.1 Å². The van der Waals surface area contributed by atoms with Crippen LogP contribution in [0.25, 0.3) is 0 Å². The van der Waals surface area contributed by atoms with E-state index in [1.807, 2.05) is 0 Å². The van der Waals surface area contributed by atoms with Gasteiger partial charge >= 0.3 is 71.1 Å². The number of unbranched alkanes of at least 4 members (excludes halogenated alkanes) is 8. The molecule has 0 spiro atoms. The molecular weight excluding hydrogens is 524 g/mol. The Labute approximate surface area is 266 Å². The Kier molecular flexibility index (Phi) is 29.4. The van der Waals surface area contributed by atoms with Crippen LogP contribution in [0.1, 0.15) is 96.8 Å². The quantitative estimate of drug-likeness (QED) is 0.0408. The monoisotopic (exact) mass is 566 g/mol. The van der Waals surface area contributed by atoms with Crippen LogP contribution < -0.4 is 64.4 Å². The number of carbonyl (C=O) groups excluding carboxylic acids is 2. The van der Waals surface area contributed by atoms with E-state index in [0.29, 0.717) is 12.8 Å². The van der Waals surface area contributed by atoms with Crippen molar-refractivity contribution in [2.24, 2.45) is 0 Å². The van der Waals surface area contributed by atoms with Gasteiger partial charge in [0, 0.05) is 6.42 Å². The molecule has 0 rings (SSSR count). The largest absolute Gasteiger partial charge is 1.00 e. The standard InChI is InChI=1S/C24H43NO9S.2Na/c1-2-3-4-11-14-20(26)15-12-9-7-5-6-8-10-13-16-22(27)25-17-18-34-23(28)19-21(24(29)30)35(31,32)33;;/h9,12,20-21,26H,2-8,10-11,13-19H2,1H3,(H,25,27)(H,29,30)(H,31,32,33);;/q;2*+1/p-1/b12-9-;;/t20-,21?;;/m1../s1. The van der Waals surface area contributed by atoms with Crippen molar-refractivity contribution in [1.82, 2.24) is 5.32 Å². The van der Waals surface area contributed by atoms with E-state index in [9.17, 15) is 32.5 Å². The molecule has 1 amide bonds. The van der Waals surface area contributed by atoms with Crippen LogP contribution in [0.3, 0.4) is 0 Å². The van der Waals surface area contributed by atoms with Crippen molar-refractivity contribution >= 4 is 28.0 Å². The average molecular weight is 567 g/mol. The number of carbonyl (C=O) groups is 3. The number of aliphatic hydroxyl groups is 1. The van der Waals surface area contributed by atoms with Crippen molar-refractivity contribution in [3.63, 3.8) is 0 Å². The molecule has 0 heterocycles. The normalized spacial score (nSPS) is 12.7. The van der Waals surface area contributed by atoms with Gasteiger partial charge in [0.25, 0.3) is 0 Å². The molecule has 0 aliphatic heterocycles. The molecule has 2 atom stereocenters. The molecule has 13 heteroatoms. The molecule has 0 bridgehead atoms. The fraction of sp³-hybridized carbons (Fsp3) is 0.792. The fourth-order valence-electron chi connectivity index (χ4n) is 3.34. The number of aliphatic carboxylic acids is 1. The van der Waals surface area contributed by atoms with Crippen LogP contribution in [0.4, 0.5) is 0 Å². The molecule has 0 aromatic carbocycles. The summed E-state index contributed by atoms with van der Waals surface area (Å²) in [6, 6.07) is 0. The molecule has 0 aliphatic carbocycles. The minimum atomic E-state index is -5.17. The van der Waals surface area contributed by atoms with Gasteiger partial charge in [-0.1, -0.05) is 64.0 Å². The maximum atomic E-state index is 11.8. The van der Waals surface area contributed by atoms with Gasteiger partial charge in [0.1, 0.15) is 16.7 Å². The topological polar surface area (TPSA) is 170 Å². The van der Waals surface area contributed by atoms with Crippen molar-refractivity contribution in [2.75, 3.05) is 13.2 Å². The molecule has 0 saturated carbocycles. The van der Waals surface area contributed by atoms with Crippen LogP contribution >= 0.6 is 0 Å². The van der Waals surface area contributed by atoms with Gasteiger partial charge in [0.2, 0.25) is 5.91 Å². The van der Waals surface area contributed by atoms with Gasteiger partial charge in [-0.3, -0.25) is 14.4 Å². The Morgan fingerprint density at radius 1 is 0.973 bits per heavy atom. The third-order valence-corrected chi connectivity index (χ3v) is 6.47. The molecule has 0 aliphatic rings. The summed E-state index contributed by atoms with van der Waals surface area (Å²) in [6.07, 6.45) is 15.3. The van der Waals surface area contributed by atoms with Crippen molar-refractivity contribution in [1.29, 1.82) is 0 Å². The van der Waals surface area contributed by atoms with E-state index in [1.165, 1.54) is 19.3 Å². The molecule has 0 fully saturated rings. The predicted octanol–water partition coefficient (Wildman–Crippen LogP) is -2.95. The summed E-state index contributed by atoms with van der Waals surface area (Å²) in [7, 11) is -5.17. The maximum Gasteiger partial charge on any atom is 1.00 e. The van der Waals surface area contributed by atoms with Crippen molar-refractivity contribution in [2.45, 2.75) is 108 Å². The van der Waals surface area contributed by atoms with E-state index in [1.54, 1.807) is 0 Å². The van der Waals surface area contributed by atoms with Crippen LogP contribution in [-0.4, -0.2) is 65.5 Å². The number of ether oxygens (including phenoxy) is 1. The Bertz CT molecular complexity index is 749. The number of nitrogens with one attached hydrogen (secondary N) is 1. The van der Waals surface area contributed by atoms with Gasteiger partial charge in [-0.15, -0.1) is 0 Å². The van der Waals surface area contributed by atoms with Crippen molar-refractivity contribution in [3.8, 4) is 0 Å². The number of carboxylic acid groups (broad SMARTS) is 1. The molecule has 37 heavy (non-hydrogen) atoms. The Balaban J connectivity index is -0.00000578. The second-order valence-electron chi connectivity index (χ2n) is 8.61. The fourth-order valence-corrected chi connectivity index (χ4v) is 3.93. The molecule has 0 saturated heterocycles. The first-order valence-corrected chi connectivity index (χ1v) is 14.0. The van der Waals surface area contributed by atoms with Crippen LogP contribution in [0.5, 0.6) is 0 Å². The summed E-state index contributed by atoms with van der Waals surface area (Å²) < 4.78 is 37.1. The number of aliphatic hydroxyl groups excluding tert-OH is 1. The van der Waals surface area contributed by atoms with Crippen LogP contribution in [-0.2, 0) is 29.2 Å². The second kappa shape index (κ2) is 26.3. The van der Waals surface area contributed by atoms with E-state index < -0.39 is 33.7 Å². The summed E-state index contributed by atoms with van der Waals surface area (Å²) in [4.78, 5) is 34.0. The van der Waals surface area contributed by atoms with Gasteiger partial charge in [0.05, 0.1) is 19.1 Å². The molecule has 3 N–H and O–H groups in total. The Morgan fingerprint density at radius 3 is 2.22 bits per heavy atom. The maximum absolute atomic E-state index is 11.8. The van der Waals surface area contributed by atoms with E-state index in [4.69, 9.17) is 5.11 Å². The minimum Gasteiger partial charge on any atom is -0.747 e. The molecular formula is C24H42NNa2O9S+. The van der Waals surface area contributed by atoms with E-state index in [0.717, 1.165) is 51.4 Å². The first kappa shape index (κ1) is 41.5. The summed E-state index contributed by atoms with van der Waals surface area (Å²) in [5.41, 5.74) is 0. The summed E-state index contributed by atoms with van der Waals surface area (Å²) in [6.45, 7) is 1.93. The molecule has 0 radical (unpaired) electrons. The van der Waals surface area contributed by atoms with E-state index >= 15 is 0 Å². The number of rotatable bonds is 22. The predicted molar refractivity (Wildman–Crippen MR) is 131 cm³/mol. The third-order valence-electron chi connectivity index (χ3n) is 5.40. The first-order chi connectivity index (χ1) is 16.6. The number of hydrogen-bond acceptors (Lipinski definition) is 8. The summed E-state index contributed by atoms with van der Waals surface area (Å²) >= 11 is 0. The van der Waals surface area contributed by atoms with Crippen LogP contribution in [0.2, 0.25) is 0 Å². The zero-order chi connectivity index (χ0) is 26.5. The smallest absolute Gasteiger partial charge is 0.747 e. The number of hydrogen-bond donors (Lipinski definition) is 3. The number of allylic oxidation sites excluding steroid dienone is 1. The SMILES string of the molecule is CCCCCC[C@@H](O)C/C=C\CCCCCCCC(=O)NCCOC(=O)CC(C(=O)O)S(=O)(=O)[O-].[Na+].[Na+]. The van der Waals surface area contributed by atoms with E-state index in [2.05, 4.69) is 29.1 Å². The minimum absolute atomic E-state index is 0. The number of amides is 1. The first-order valence-electron chi connectivity index (χ1n) is 12.5. The van der Waals surface area contributed by atoms with Crippen LogP contribution in [0, 0.1) is 0 Å². The van der Waals surface area contributed by atoms with Gasteiger partial charge in [0.15, 0.2) is 5.25 Å². The van der Waals surface area contributed by atoms with E-state index in [-0.39, 0.29) is 84.3 Å². The zero-order valence-corrected chi connectivity index (χ0v) is 27.6. The molecule has 0 aromatic heterocycles. The second-order valence-corrected chi connectivity index (χ2v) is 10.2. The number of carboxylic acids is 1. The molecule has 10 nitrogen and oxygen atoms in total. The summed E-state index contributed by atoms with van der Waals surface area (Å²) in [5, 5.41) is 18.8. The molecule has 1 unspecified atom stereocenters. The Morgan fingerprint density at radius 2 is 1.59 bits per heavy atom. The van der Waals surface area contributed by atoms with Gasteiger partial charge in [-0.2, -0.15) is 0 Å². The van der Waals surface area contributed by atoms with Gasteiger partial charge in [-0.25, -0.2) is 8.42 Å².